The maximum absolute atomic E-state index is 13.4. The molecule has 1 aliphatic heterocycles. The van der Waals surface area contributed by atoms with Crippen molar-refractivity contribution in [1.82, 2.24) is 4.57 Å². The van der Waals surface area contributed by atoms with Crippen LogP contribution in [0.1, 0.15) is 21.6 Å². The molecule has 0 saturated heterocycles. The number of anilines is 1. The minimum absolute atomic E-state index is 0.0189. The number of nitrogens with zero attached hydrogens (tertiary/aromatic N) is 2. The van der Waals surface area contributed by atoms with Gasteiger partial charge in [0.2, 0.25) is 0 Å². The lowest BCUT2D eigenvalue weighted by atomic mass is 10.2. The van der Waals surface area contributed by atoms with Gasteiger partial charge in [-0.25, -0.2) is 4.39 Å². The molecule has 0 N–H and O–H groups in total. The molecule has 2 aromatic heterocycles. The Bertz CT molecular complexity index is 1140. The van der Waals surface area contributed by atoms with Crippen LogP contribution >= 0.6 is 11.3 Å². The second-order valence-electron chi connectivity index (χ2n) is 6.75. The van der Waals surface area contributed by atoms with Crippen LogP contribution in [0.4, 0.5) is 10.1 Å². The van der Waals surface area contributed by atoms with E-state index in [0.29, 0.717) is 18.8 Å². The van der Waals surface area contributed by atoms with Crippen LogP contribution < -0.4 is 4.90 Å². The number of fused-ring (bicyclic) bond motifs is 2. The third-order valence-electron chi connectivity index (χ3n) is 5.13. The number of hydrogen-bond donors (Lipinski definition) is 0. The number of aromatic nitrogens is 1. The highest BCUT2D eigenvalue weighted by atomic mass is 32.1. The van der Waals surface area contributed by atoms with Crippen molar-refractivity contribution in [3.8, 4) is 0 Å². The monoisotopic (exact) mass is 376 g/mol. The number of para-hydroxylation sites is 1. The number of benzene rings is 2. The first kappa shape index (κ1) is 16.3. The standard InChI is InChI=1S/C22H17FN2OS/c23-17-7-5-15(6-8-17)14-25-19-10-12-27-21(19)13-20(25)22(26)24-11-9-16-3-1-2-4-18(16)24/h1-8,10,12-13H,9,11,14H2. The largest absolute Gasteiger partial charge is 0.331 e. The highest BCUT2D eigenvalue weighted by molar-refractivity contribution is 7.17. The number of rotatable bonds is 3. The van der Waals surface area contributed by atoms with Gasteiger partial charge >= 0.3 is 0 Å². The summed E-state index contributed by atoms with van der Waals surface area (Å²) in [5, 5.41) is 2.03. The van der Waals surface area contributed by atoms with E-state index < -0.39 is 0 Å². The summed E-state index contributed by atoms with van der Waals surface area (Å²) in [6, 6.07) is 18.6. The van der Waals surface area contributed by atoms with Crippen molar-refractivity contribution in [2.45, 2.75) is 13.0 Å². The van der Waals surface area contributed by atoms with Crippen LogP contribution in [0.25, 0.3) is 10.2 Å². The lowest BCUT2D eigenvalue weighted by Crippen LogP contribution is -2.30. The summed E-state index contributed by atoms with van der Waals surface area (Å²) in [6.45, 7) is 1.24. The fourth-order valence-electron chi connectivity index (χ4n) is 3.78. The van der Waals surface area contributed by atoms with Gasteiger partial charge in [-0.1, -0.05) is 30.3 Å². The molecule has 0 spiro atoms. The minimum atomic E-state index is -0.253. The van der Waals surface area contributed by atoms with Gasteiger partial charge in [-0.15, -0.1) is 11.3 Å². The van der Waals surface area contributed by atoms with Gasteiger partial charge in [0.15, 0.2) is 0 Å². The van der Waals surface area contributed by atoms with E-state index in [0.717, 1.165) is 27.9 Å². The predicted octanol–water partition coefficient (Wildman–Crippen LogP) is 5.09. The molecule has 0 unspecified atom stereocenters. The Morgan fingerprint density at radius 1 is 1.07 bits per heavy atom. The van der Waals surface area contributed by atoms with Gasteiger partial charge in [-0.2, -0.15) is 0 Å². The average molecular weight is 376 g/mol. The van der Waals surface area contributed by atoms with Gasteiger partial charge in [-0.3, -0.25) is 4.79 Å². The fraction of sp³-hybridized carbons (Fsp3) is 0.136. The number of thiophene rings is 1. The molecule has 0 atom stereocenters. The van der Waals surface area contributed by atoms with Crippen LogP contribution in [0.3, 0.4) is 0 Å². The van der Waals surface area contributed by atoms with Gasteiger partial charge in [0, 0.05) is 18.8 Å². The summed E-state index contributed by atoms with van der Waals surface area (Å²) in [7, 11) is 0. The highest BCUT2D eigenvalue weighted by Crippen LogP contribution is 2.32. The van der Waals surface area contributed by atoms with Gasteiger partial charge in [0.1, 0.15) is 11.5 Å². The Labute approximate surface area is 160 Å². The molecule has 1 amide bonds. The molecule has 0 fully saturated rings. The molecule has 5 rings (SSSR count). The second-order valence-corrected chi connectivity index (χ2v) is 7.70. The number of hydrogen-bond acceptors (Lipinski definition) is 2. The van der Waals surface area contributed by atoms with Crippen molar-refractivity contribution >= 4 is 33.1 Å². The lowest BCUT2D eigenvalue weighted by Gasteiger charge is -2.19. The van der Waals surface area contributed by atoms with E-state index in [-0.39, 0.29) is 11.7 Å². The van der Waals surface area contributed by atoms with Crippen molar-refractivity contribution in [2.24, 2.45) is 0 Å². The van der Waals surface area contributed by atoms with E-state index >= 15 is 0 Å². The number of halogens is 1. The number of carbonyl (C=O) groups is 1. The van der Waals surface area contributed by atoms with Gasteiger partial charge in [-0.05, 0) is 53.3 Å². The molecule has 0 bridgehead atoms. The van der Waals surface area contributed by atoms with Crippen molar-refractivity contribution in [3.05, 3.63) is 88.7 Å². The van der Waals surface area contributed by atoms with Crippen LogP contribution in [0.2, 0.25) is 0 Å². The molecular formula is C22H17FN2OS. The molecule has 3 heterocycles. The third kappa shape index (κ3) is 2.75. The molecule has 3 nitrogen and oxygen atoms in total. The molecule has 134 valence electrons. The van der Waals surface area contributed by atoms with Crippen LogP contribution in [0, 0.1) is 5.82 Å². The van der Waals surface area contributed by atoms with Crippen molar-refractivity contribution < 1.29 is 9.18 Å². The molecule has 2 aromatic carbocycles. The molecule has 27 heavy (non-hydrogen) atoms. The van der Waals surface area contributed by atoms with Gasteiger partial charge in [0.05, 0.1) is 10.2 Å². The summed E-state index contributed by atoms with van der Waals surface area (Å²) in [5.74, 6) is -0.234. The summed E-state index contributed by atoms with van der Waals surface area (Å²) in [6.07, 6.45) is 0.884. The van der Waals surface area contributed by atoms with Gasteiger partial charge < -0.3 is 9.47 Å². The first-order valence-corrected chi connectivity index (χ1v) is 9.79. The van der Waals surface area contributed by atoms with E-state index in [1.54, 1.807) is 23.5 Å². The third-order valence-corrected chi connectivity index (χ3v) is 5.98. The highest BCUT2D eigenvalue weighted by Gasteiger charge is 2.28. The van der Waals surface area contributed by atoms with Crippen molar-refractivity contribution in [3.63, 3.8) is 0 Å². The smallest absolute Gasteiger partial charge is 0.274 e. The molecule has 0 aliphatic carbocycles. The summed E-state index contributed by atoms with van der Waals surface area (Å²) < 4.78 is 16.4. The zero-order chi connectivity index (χ0) is 18.4. The fourth-order valence-corrected chi connectivity index (χ4v) is 4.61. The Hall–Kier alpha value is -2.92. The van der Waals surface area contributed by atoms with Crippen LogP contribution in [0.5, 0.6) is 0 Å². The molecule has 1 aliphatic rings. The maximum atomic E-state index is 13.4. The number of amides is 1. The molecule has 0 saturated carbocycles. The molecule has 4 aromatic rings. The summed E-state index contributed by atoms with van der Waals surface area (Å²) >= 11 is 1.63. The van der Waals surface area contributed by atoms with Gasteiger partial charge in [0.25, 0.3) is 5.91 Å². The second kappa shape index (κ2) is 6.35. The molecule has 5 heteroatoms. The average Bonchev–Trinajstić information content (AvgIpc) is 3.38. The van der Waals surface area contributed by atoms with E-state index in [4.69, 9.17) is 0 Å². The van der Waals surface area contributed by atoms with Crippen LogP contribution in [-0.4, -0.2) is 17.0 Å². The quantitative estimate of drug-likeness (QED) is 0.489. The van der Waals surface area contributed by atoms with Crippen LogP contribution in [0.15, 0.2) is 66.0 Å². The summed E-state index contributed by atoms with van der Waals surface area (Å²) in [4.78, 5) is 15.3. The van der Waals surface area contributed by atoms with E-state index in [1.807, 2.05) is 45.2 Å². The zero-order valence-corrected chi connectivity index (χ0v) is 15.4. The lowest BCUT2D eigenvalue weighted by molar-refractivity contribution is 0.0981. The van der Waals surface area contributed by atoms with Crippen molar-refractivity contribution in [2.75, 3.05) is 11.4 Å². The normalized spacial score (nSPS) is 13.3. The maximum Gasteiger partial charge on any atom is 0.274 e. The zero-order valence-electron chi connectivity index (χ0n) is 14.6. The summed E-state index contributed by atoms with van der Waals surface area (Å²) in [5.41, 5.74) is 4.90. The Morgan fingerprint density at radius 3 is 2.74 bits per heavy atom. The van der Waals surface area contributed by atoms with E-state index in [1.165, 1.54) is 17.7 Å². The predicted molar refractivity (Wildman–Crippen MR) is 107 cm³/mol. The molecule has 0 radical (unpaired) electrons. The van der Waals surface area contributed by atoms with E-state index in [2.05, 4.69) is 6.07 Å². The van der Waals surface area contributed by atoms with Crippen LogP contribution in [-0.2, 0) is 13.0 Å². The minimum Gasteiger partial charge on any atom is -0.331 e. The first-order valence-electron chi connectivity index (χ1n) is 8.91. The number of carbonyl (C=O) groups excluding carboxylic acids is 1. The Kier molecular flexibility index (Phi) is 3.83. The SMILES string of the molecule is O=C(c1cc2sccc2n1Cc1ccc(F)cc1)N1CCc2ccccc21. The Balaban J connectivity index is 1.56. The Morgan fingerprint density at radius 2 is 1.89 bits per heavy atom. The first-order chi connectivity index (χ1) is 13.2. The topological polar surface area (TPSA) is 25.2 Å². The van der Waals surface area contributed by atoms with Crippen molar-refractivity contribution in [1.29, 1.82) is 0 Å². The van der Waals surface area contributed by atoms with E-state index in [9.17, 15) is 9.18 Å². The molecular weight excluding hydrogens is 359 g/mol.